The van der Waals surface area contributed by atoms with Crippen LogP contribution in [0.15, 0.2) is 65.8 Å². The van der Waals surface area contributed by atoms with E-state index in [0.717, 1.165) is 16.2 Å². The molecule has 3 aromatic heterocycles. The number of esters is 1. The predicted molar refractivity (Wildman–Crippen MR) is 110 cm³/mol. The molecule has 8 heteroatoms. The van der Waals surface area contributed by atoms with Crippen LogP contribution in [0.5, 0.6) is 5.75 Å². The zero-order valence-electron chi connectivity index (χ0n) is 15.6. The lowest BCUT2D eigenvalue weighted by molar-refractivity contribution is -0.145. The molecule has 0 amide bonds. The third kappa shape index (κ3) is 4.17. The summed E-state index contributed by atoms with van der Waals surface area (Å²) in [5.41, 5.74) is 1.94. The van der Waals surface area contributed by atoms with Crippen LogP contribution in [0, 0.1) is 0 Å². The van der Waals surface area contributed by atoms with E-state index in [4.69, 9.17) is 9.47 Å². The van der Waals surface area contributed by atoms with Gasteiger partial charge >= 0.3 is 5.97 Å². The van der Waals surface area contributed by atoms with Crippen molar-refractivity contribution in [2.45, 2.75) is 13.2 Å². The molecule has 0 saturated heterocycles. The van der Waals surface area contributed by atoms with Gasteiger partial charge in [-0.2, -0.15) is 0 Å². The molecule has 4 rings (SSSR count). The number of pyridine rings is 1. The lowest BCUT2D eigenvalue weighted by atomic mass is 10.2. The maximum atomic E-state index is 12.8. The maximum Gasteiger partial charge on any atom is 0.326 e. The van der Waals surface area contributed by atoms with Crippen molar-refractivity contribution in [3.05, 3.63) is 77.1 Å². The Morgan fingerprint density at radius 3 is 2.69 bits per heavy atom. The van der Waals surface area contributed by atoms with Crippen molar-refractivity contribution in [3.8, 4) is 16.2 Å². The fourth-order valence-corrected chi connectivity index (χ4v) is 3.84. The Morgan fingerprint density at radius 1 is 1.14 bits per heavy atom. The summed E-state index contributed by atoms with van der Waals surface area (Å²) < 4.78 is 12.1. The molecule has 146 valence electrons. The second-order valence-electron chi connectivity index (χ2n) is 6.21. The molecule has 0 aliphatic heterocycles. The fourth-order valence-electron chi connectivity index (χ4n) is 2.78. The molecule has 29 heavy (non-hydrogen) atoms. The average Bonchev–Trinajstić information content (AvgIpc) is 3.20. The molecule has 0 aliphatic carbocycles. The first-order chi connectivity index (χ1) is 14.1. The van der Waals surface area contributed by atoms with Gasteiger partial charge in [-0.1, -0.05) is 6.07 Å². The Kier molecular flexibility index (Phi) is 5.35. The lowest BCUT2D eigenvalue weighted by Gasteiger charge is -2.06. The molecule has 0 N–H and O–H groups in total. The highest BCUT2D eigenvalue weighted by Gasteiger charge is 2.13. The number of aromatic nitrogens is 3. The summed E-state index contributed by atoms with van der Waals surface area (Å²) >= 11 is 1.34. The van der Waals surface area contributed by atoms with Crippen molar-refractivity contribution >= 4 is 27.5 Å². The first kappa shape index (κ1) is 18.8. The number of thiophene rings is 1. The van der Waals surface area contributed by atoms with Gasteiger partial charge in [-0.25, -0.2) is 4.98 Å². The number of methoxy groups -OCH3 is 1. The molecule has 1 aromatic carbocycles. The van der Waals surface area contributed by atoms with Gasteiger partial charge in [0.2, 0.25) is 0 Å². The van der Waals surface area contributed by atoms with Gasteiger partial charge in [0.15, 0.2) is 0 Å². The van der Waals surface area contributed by atoms with Gasteiger partial charge in [-0.05, 0) is 48.0 Å². The van der Waals surface area contributed by atoms with Gasteiger partial charge in [0.05, 0.1) is 24.6 Å². The lowest BCUT2D eigenvalue weighted by Crippen LogP contribution is -2.25. The number of rotatable bonds is 6. The third-order valence-corrected chi connectivity index (χ3v) is 5.45. The Bertz CT molecular complexity index is 1200. The monoisotopic (exact) mass is 407 g/mol. The minimum Gasteiger partial charge on any atom is -0.497 e. The zero-order valence-corrected chi connectivity index (χ0v) is 16.4. The van der Waals surface area contributed by atoms with E-state index in [1.807, 2.05) is 36.4 Å². The summed E-state index contributed by atoms with van der Waals surface area (Å²) in [6.07, 6.45) is 3.00. The van der Waals surface area contributed by atoms with Crippen LogP contribution >= 0.6 is 11.3 Å². The average molecular weight is 407 g/mol. The second-order valence-corrected chi connectivity index (χ2v) is 7.27. The Morgan fingerprint density at radius 2 is 1.97 bits per heavy atom. The van der Waals surface area contributed by atoms with Crippen LogP contribution in [-0.2, 0) is 22.7 Å². The zero-order chi connectivity index (χ0) is 20.2. The van der Waals surface area contributed by atoms with Gasteiger partial charge < -0.3 is 9.47 Å². The third-order valence-electron chi connectivity index (χ3n) is 4.28. The number of carbonyl (C=O) groups is 1. The summed E-state index contributed by atoms with van der Waals surface area (Å²) in [6.45, 7) is -0.144. The van der Waals surface area contributed by atoms with Crippen LogP contribution in [-0.4, -0.2) is 27.6 Å². The molecule has 0 atom stereocenters. The SMILES string of the molecule is COc1ccc(-c2cc3ncn(CC(=O)OCc4ccccn4)c(=O)c3s2)cc1. The number of hydrogen-bond acceptors (Lipinski definition) is 7. The molecular weight excluding hydrogens is 390 g/mol. The molecule has 7 nitrogen and oxygen atoms in total. The van der Waals surface area contributed by atoms with Crippen LogP contribution in [0.3, 0.4) is 0 Å². The Labute approximate surface area is 170 Å². The molecule has 0 bridgehead atoms. The first-order valence-electron chi connectivity index (χ1n) is 8.83. The van der Waals surface area contributed by atoms with Crippen molar-refractivity contribution in [1.29, 1.82) is 0 Å². The highest BCUT2D eigenvalue weighted by molar-refractivity contribution is 7.22. The Hall–Kier alpha value is -3.52. The van der Waals surface area contributed by atoms with Crippen molar-refractivity contribution < 1.29 is 14.3 Å². The molecule has 0 unspecified atom stereocenters. The smallest absolute Gasteiger partial charge is 0.326 e. The van der Waals surface area contributed by atoms with Crippen LogP contribution in [0.1, 0.15) is 5.69 Å². The number of benzene rings is 1. The van der Waals surface area contributed by atoms with Crippen molar-refractivity contribution in [3.63, 3.8) is 0 Å². The van der Waals surface area contributed by atoms with Gasteiger partial charge in [-0.15, -0.1) is 11.3 Å². The number of nitrogens with zero attached hydrogens (tertiary/aromatic N) is 3. The second kappa shape index (κ2) is 8.24. The topological polar surface area (TPSA) is 83.3 Å². The fraction of sp³-hybridized carbons (Fsp3) is 0.143. The highest BCUT2D eigenvalue weighted by atomic mass is 32.1. The minimum atomic E-state index is -0.522. The van der Waals surface area contributed by atoms with Gasteiger partial charge in [0, 0.05) is 11.1 Å². The summed E-state index contributed by atoms with van der Waals surface area (Å²) in [7, 11) is 1.61. The van der Waals surface area contributed by atoms with E-state index in [1.165, 1.54) is 22.2 Å². The molecule has 0 radical (unpaired) electrons. The van der Waals surface area contributed by atoms with Crippen LogP contribution in [0.4, 0.5) is 0 Å². The first-order valence-corrected chi connectivity index (χ1v) is 9.64. The van der Waals surface area contributed by atoms with Gasteiger partial charge in [-0.3, -0.25) is 19.1 Å². The van der Waals surface area contributed by atoms with Crippen molar-refractivity contribution in [2.24, 2.45) is 0 Å². The van der Waals surface area contributed by atoms with Crippen molar-refractivity contribution in [2.75, 3.05) is 7.11 Å². The van der Waals surface area contributed by atoms with E-state index in [0.29, 0.717) is 15.9 Å². The van der Waals surface area contributed by atoms with Gasteiger partial charge in [0.1, 0.15) is 23.6 Å². The molecule has 0 aliphatic rings. The van der Waals surface area contributed by atoms with E-state index in [1.54, 1.807) is 25.4 Å². The van der Waals surface area contributed by atoms with Crippen molar-refractivity contribution in [1.82, 2.24) is 14.5 Å². The summed E-state index contributed by atoms with van der Waals surface area (Å²) in [6, 6.07) is 14.8. The molecule has 0 spiro atoms. The maximum absolute atomic E-state index is 12.8. The number of fused-ring (bicyclic) bond motifs is 1. The van der Waals surface area contributed by atoms with E-state index in [9.17, 15) is 9.59 Å². The van der Waals surface area contributed by atoms with Crippen LogP contribution < -0.4 is 10.3 Å². The molecule has 0 saturated carbocycles. The molecular formula is C21H17N3O4S. The summed E-state index contributed by atoms with van der Waals surface area (Å²) in [5.74, 6) is 0.241. The highest BCUT2D eigenvalue weighted by Crippen LogP contribution is 2.31. The molecule has 4 aromatic rings. The normalized spacial score (nSPS) is 10.8. The quantitative estimate of drug-likeness (QED) is 0.456. The Balaban J connectivity index is 1.52. The largest absolute Gasteiger partial charge is 0.497 e. The summed E-state index contributed by atoms with van der Waals surface area (Å²) in [5, 5.41) is 0. The molecule has 0 fully saturated rings. The standard InChI is InChI=1S/C21H17N3O4S/c1-27-16-7-5-14(6-8-16)18-10-17-20(29-18)21(26)24(13-23-17)11-19(25)28-12-15-4-2-3-9-22-15/h2-10,13H,11-12H2,1H3. The number of ether oxygens (including phenoxy) is 2. The van der Waals surface area contributed by atoms with Crippen LogP contribution in [0.2, 0.25) is 0 Å². The molecule has 3 heterocycles. The predicted octanol–water partition coefficient (Wildman–Crippen LogP) is 3.27. The summed E-state index contributed by atoms with van der Waals surface area (Å²) in [4.78, 5) is 34.2. The number of carbonyl (C=O) groups excluding carboxylic acids is 1. The van der Waals surface area contributed by atoms with E-state index in [2.05, 4.69) is 9.97 Å². The minimum absolute atomic E-state index is 0.0602. The number of hydrogen-bond donors (Lipinski definition) is 0. The van der Waals surface area contributed by atoms with E-state index in [-0.39, 0.29) is 18.7 Å². The van der Waals surface area contributed by atoms with Gasteiger partial charge in [0.25, 0.3) is 5.56 Å². The van der Waals surface area contributed by atoms with E-state index >= 15 is 0 Å². The van der Waals surface area contributed by atoms with E-state index < -0.39 is 5.97 Å². The van der Waals surface area contributed by atoms with Crippen LogP contribution in [0.25, 0.3) is 20.7 Å².